The predicted octanol–water partition coefficient (Wildman–Crippen LogP) is 2.35. The molecule has 2 N–H and O–H groups in total. The molecule has 2 amide bonds. The lowest BCUT2D eigenvalue weighted by Gasteiger charge is -2.14. The van der Waals surface area contributed by atoms with Gasteiger partial charge in [0, 0.05) is 19.2 Å². The Morgan fingerprint density at radius 1 is 0.955 bits per heavy atom. The third-order valence-electron chi connectivity index (χ3n) is 3.28. The van der Waals surface area contributed by atoms with Crippen LogP contribution in [0.25, 0.3) is 0 Å². The van der Waals surface area contributed by atoms with Gasteiger partial charge in [-0.15, -0.1) is 0 Å². The molecule has 0 aliphatic carbocycles. The van der Waals surface area contributed by atoms with Crippen molar-refractivity contribution in [2.24, 2.45) is 0 Å². The molecule has 1 rings (SSSR count). The fourth-order valence-electron chi connectivity index (χ4n) is 2.04. The van der Waals surface area contributed by atoms with Crippen molar-refractivity contribution >= 4 is 6.03 Å². The average Bonchev–Trinajstić information content (AvgIpc) is 2.54. The van der Waals surface area contributed by atoms with Crippen molar-refractivity contribution in [2.45, 2.75) is 26.2 Å². The van der Waals surface area contributed by atoms with Gasteiger partial charge in [0.2, 0.25) is 0 Å². The van der Waals surface area contributed by atoms with Crippen LogP contribution in [0.15, 0.2) is 12.1 Å². The van der Waals surface area contributed by atoms with E-state index >= 15 is 0 Å². The first-order valence-electron chi connectivity index (χ1n) is 7.46. The number of carbonyl (C=O) groups is 1. The van der Waals surface area contributed by atoms with Crippen molar-refractivity contribution in [3.05, 3.63) is 17.7 Å². The second-order valence-corrected chi connectivity index (χ2v) is 4.81. The Kier molecular flexibility index (Phi) is 7.96. The summed E-state index contributed by atoms with van der Waals surface area (Å²) in [7, 11) is 4.78. The summed E-state index contributed by atoms with van der Waals surface area (Å²) in [6.07, 6.45) is 2.69. The van der Waals surface area contributed by atoms with E-state index in [1.54, 1.807) is 27.4 Å². The summed E-state index contributed by atoms with van der Waals surface area (Å²) in [5.74, 6) is 1.98. The minimum absolute atomic E-state index is 0.145. The van der Waals surface area contributed by atoms with Crippen LogP contribution in [0.2, 0.25) is 0 Å². The van der Waals surface area contributed by atoms with Crippen molar-refractivity contribution < 1.29 is 19.0 Å². The summed E-state index contributed by atoms with van der Waals surface area (Å²) >= 11 is 0. The van der Waals surface area contributed by atoms with Crippen molar-refractivity contribution in [3.8, 4) is 17.2 Å². The molecule has 6 nitrogen and oxygen atoms in total. The second-order valence-electron chi connectivity index (χ2n) is 4.81. The summed E-state index contributed by atoms with van der Waals surface area (Å²) in [5.41, 5.74) is 0.953. The van der Waals surface area contributed by atoms with Gasteiger partial charge in [-0.1, -0.05) is 13.3 Å². The highest BCUT2D eigenvalue weighted by Crippen LogP contribution is 2.34. The minimum Gasteiger partial charge on any atom is -0.496 e. The van der Waals surface area contributed by atoms with Crippen LogP contribution in [-0.4, -0.2) is 40.5 Å². The molecule has 124 valence electrons. The Morgan fingerprint density at radius 2 is 1.55 bits per heavy atom. The number of hydrogen-bond donors (Lipinski definition) is 2. The fraction of sp³-hybridized carbons (Fsp3) is 0.562. The maximum atomic E-state index is 11.6. The third-order valence-corrected chi connectivity index (χ3v) is 3.28. The van der Waals surface area contributed by atoms with E-state index in [0.717, 1.165) is 18.4 Å². The molecule has 22 heavy (non-hydrogen) atoms. The number of methoxy groups -OCH3 is 3. The number of hydrogen-bond acceptors (Lipinski definition) is 4. The molecule has 0 saturated carbocycles. The molecule has 0 aliphatic rings. The average molecular weight is 310 g/mol. The van der Waals surface area contributed by atoms with Gasteiger partial charge in [-0.25, -0.2) is 4.79 Å². The highest BCUT2D eigenvalue weighted by molar-refractivity contribution is 5.73. The van der Waals surface area contributed by atoms with Gasteiger partial charge in [-0.3, -0.25) is 0 Å². The largest absolute Gasteiger partial charge is 0.496 e. The van der Waals surface area contributed by atoms with Crippen LogP contribution in [0.1, 0.15) is 25.3 Å². The summed E-state index contributed by atoms with van der Waals surface area (Å²) in [6.45, 7) is 3.30. The summed E-state index contributed by atoms with van der Waals surface area (Å²) in [4.78, 5) is 11.6. The zero-order chi connectivity index (χ0) is 16.4. The Bertz CT molecular complexity index is 477. The normalized spacial score (nSPS) is 10.0. The van der Waals surface area contributed by atoms with E-state index in [1.165, 1.54) is 0 Å². The molecule has 0 saturated heterocycles. The number of rotatable bonds is 9. The zero-order valence-electron chi connectivity index (χ0n) is 13.8. The highest BCUT2D eigenvalue weighted by Gasteiger charge is 2.11. The lowest BCUT2D eigenvalue weighted by Crippen LogP contribution is -2.37. The van der Waals surface area contributed by atoms with E-state index in [-0.39, 0.29) is 6.03 Å². The first-order valence-corrected chi connectivity index (χ1v) is 7.46. The van der Waals surface area contributed by atoms with Gasteiger partial charge in [0.25, 0.3) is 0 Å². The quantitative estimate of drug-likeness (QED) is 0.687. The number of carbonyl (C=O) groups excluding carboxylic acids is 1. The van der Waals surface area contributed by atoms with E-state index in [2.05, 4.69) is 17.6 Å². The van der Waals surface area contributed by atoms with Crippen LogP contribution in [0.4, 0.5) is 4.79 Å². The Balaban J connectivity index is 2.59. The summed E-state index contributed by atoms with van der Waals surface area (Å²) in [6, 6.07) is 3.51. The molecule has 0 fully saturated rings. The van der Waals surface area contributed by atoms with Crippen LogP contribution in [0.3, 0.4) is 0 Å². The van der Waals surface area contributed by atoms with E-state index < -0.39 is 0 Å². The number of unbranched alkanes of at least 4 members (excludes halogenated alkanes) is 1. The number of benzene rings is 1. The standard InChI is InChI=1S/C16H26N2O4/c1-5-6-8-17-16(19)18-9-7-12-10-14(21-3)15(22-4)11-13(12)20-2/h10-11H,5-9H2,1-4H3,(H2,17,18,19). The molecule has 0 spiro atoms. The molecule has 0 aliphatic heterocycles. The van der Waals surface area contributed by atoms with E-state index in [1.807, 2.05) is 6.07 Å². The molecule has 0 heterocycles. The predicted molar refractivity (Wildman–Crippen MR) is 86.1 cm³/mol. The maximum Gasteiger partial charge on any atom is 0.314 e. The lowest BCUT2D eigenvalue weighted by molar-refractivity contribution is 0.241. The van der Waals surface area contributed by atoms with Crippen molar-refractivity contribution in [1.29, 1.82) is 0 Å². The Labute approximate surface area is 132 Å². The molecule has 0 radical (unpaired) electrons. The van der Waals surface area contributed by atoms with Crippen LogP contribution in [0.5, 0.6) is 17.2 Å². The molecular formula is C16H26N2O4. The van der Waals surface area contributed by atoms with Gasteiger partial charge in [0.1, 0.15) is 5.75 Å². The minimum atomic E-state index is -0.145. The second kappa shape index (κ2) is 9.76. The molecular weight excluding hydrogens is 284 g/mol. The van der Waals surface area contributed by atoms with Gasteiger partial charge in [-0.05, 0) is 24.5 Å². The summed E-state index contributed by atoms with van der Waals surface area (Å²) in [5, 5.41) is 5.64. The molecule has 0 bridgehead atoms. The van der Waals surface area contributed by atoms with Crippen LogP contribution >= 0.6 is 0 Å². The first-order chi connectivity index (χ1) is 10.7. The number of amides is 2. The molecule has 6 heteroatoms. The molecule has 0 atom stereocenters. The Hall–Kier alpha value is -2.11. The van der Waals surface area contributed by atoms with E-state index in [4.69, 9.17) is 14.2 Å². The number of nitrogens with one attached hydrogen (secondary N) is 2. The van der Waals surface area contributed by atoms with Crippen LogP contribution < -0.4 is 24.8 Å². The third kappa shape index (κ3) is 5.35. The molecule has 0 unspecified atom stereocenters. The van der Waals surface area contributed by atoms with Gasteiger partial charge >= 0.3 is 6.03 Å². The van der Waals surface area contributed by atoms with Crippen LogP contribution in [-0.2, 0) is 6.42 Å². The Morgan fingerprint density at radius 3 is 2.14 bits per heavy atom. The number of urea groups is 1. The van der Waals surface area contributed by atoms with Gasteiger partial charge in [0.05, 0.1) is 21.3 Å². The van der Waals surface area contributed by atoms with Crippen molar-refractivity contribution in [2.75, 3.05) is 34.4 Å². The van der Waals surface area contributed by atoms with Crippen molar-refractivity contribution in [3.63, 3.8) is 0 Å². The number of ether oxygens (including phenoxy) is 3. The van der Waals surface area contributed by atoms with E-state index in [9.17, 15) is 4.79 Å². The smallest absolute Gasteiger partial charge is 0.314 e. The molecule has 1 aromatic rings. The van der Waals surface area contributed by atoms with Crippen molar-refractivity contribution in [1.82, 2.24) is 10.6 Å². The van der Waals surface area contributed by atoms with Crippen LogP contribution in [0, 0.1) is 0 Å². The maximum absolute atomic E-state index is 11.6. The van der Waals surface area contributed by atoms with Gasteiger partial charge in [-0.2, -0.15) is 0 Å². The zero-order valence-corrected chi connectivity index (χ0v) is 13.8. The van der Waals surface area contributed by atoms with Gasteiger partial charge in [0.15, 0.2) is 11.5 Å². The molecule has 0 aromatic heterocycles. The van der Waals surface area contributed by atoms with Gasteiger partial charge < -0.3 is 24.8 Å². The SMILES string of the molecule is CCCCNC(=O)NCCc1cc(OC)c(OC)cc1OC. The molecule has 1 aromatic carbocycles. The highest BCUT2D eigenvalue weighted by atomic mass is 16.5. The fourth-order valence-corrected chi connectivity index (χ4v) is 2.04. The summed E-state index contributed by atoms with van der Waals surface area (Å²) < 4.78 is 15.9. The van der Waals surface area contributed by atoms with E-state index in [0.29, 0.717) is 36.8 Å². The lowest BCUT2D eigenvalue weighted by atomic mass is 10.1. The topological polar surface area (TPSA) is 68.8 Å². The first kappa shape index (κ1) is 17.9. The monoisotopic (exact) mass is 310 g/mol.